The molecular formula is C12H20N2O4. The van der Waals surface area contributed by atoms with Crippen molar-refractivity contribution >= 4 is 12.0 Å². The van der Waals surface area contributed by atoms with Gasteiger partial charge in [-0.25, -0.2) is 9.59 Å². The van der Waals surface area contributed by atoms with Crippen molar-refractivity contribution in [1.29, 1.82) is 0 Å². The number of rotatable bonds is 1. The first-order valence-electron chi connectivity index (χ1n) is 6.26. The lowest BCUT2D eigenvalue weighted by Crippen LogP contribution is -2.47. The molecule has 18 heavy (non-hydrogen) atoms. The summed E-state index contributed by atoms with van der Waals surface area (Å²) < 4.78 is 0. The second-order valence-electron chi connectivity index (χ2n) is 6.01. The molecule has 6 heteroatoms. The number of carbonyl (C=O) groups is 2. The van der Waals surface area contributed by atoms with Crippen molar-refractivity contribution in [3.63, 3.8) is 0 Å². The summed E-state index contributed by atoms with van der Waals surface area (Å²) >= 11 is 0. The molecule has 2 saturated heterocycles. The van der Waals surface area contributed by atoms with Crippen LogP contribution in [-0.2, 0) is 4.79 Å². The van der Waals surface area contributed by atoms with Crippen LogP contribution in [0.1, 0.15) is 26.7 Å². The van der Waals surface area contributed by atoms with E-state index in [-0.39, 0.29) is 24.4 Å². The van der Waals surface area contributed by atoms with Gasteiger partial charge in [-0.2, -0.15) is 0 Å². The molecule has 2 atom stereocenters. The monoisotopic (exact) mass is 256 g/mol. The predicted molar refractivity (Wildman–Crippen MR) is 64.1 cm³/mol. The maximum Gasteiger partial charge on any atom is 0.326 e. The van der Waals surface area contributed by atoms with Crippen LogP contribution in [0, 0.1) is 5.41 Å². The van der Waals surface area contributed by atoms with E-state index in [1.54, 1.807) is 4.90 Å². The molecule has 2 aliphatic heterocycles. The molecule has 6 nitrogen and oxygen atoms in total. The van der Waals surface area contributed by atoms with Crippen molar-refractivity contribution in [2.45, 2.75) is 38.8 Å². The van der Waals surface area contributed by atoms with Crippen LogP contribution in [-0.4, -0.2) is 63.8 Å². The summed E-state index contributed by atoms with van der Waals surface area (Å²) in [6.07, 6.45) is 0.316. The molecule has 2 aliphatic rings. The smallest absolute Gasteiger partial charge is 0.326 e. The Bertz CT molecular complexity index is 369. The number of hydrogen-bond acceptors (Lipinski definition) is 3. The van der Waals surface area contributed by atoms with Crippen molar-refractivity contribution in [1.82, 2.24) is 9.80 Å². The van der Waals surface area contributed by atoms with Gasteiger partial charge < -0.3 is 20.0 Å². The minimum Gasteiger partial charge on any atom is -0.480 e. The van der Waals surface area contributed by atoms with Crippen LogP contribution in [0.25, 0.3) is 0 Å². The zero-order valence-electron chi connectivity index (χ0n) is 10.8. The lowest BCUT2D eigenvalue weighted by molar-refractivity contribution is -0.141. The van der Waals surface area contributed by atoms with Crippen LogP contribution in [0.5, 0.6) is 0 Å². The predicted octanol–water partition coefficient (Wildman–Crippen LogP) is 0.358. The van der Waals surface area contributed by atoms with E-state index in [1.165, 1.54) is 4.90 Å². The number of carboxylic acid groups (broad SMARTS) is 1. The second-order valence-corrected chi connectivity index (χ2v) is 6.01. The number of urea groups is 1. The Morgan fingerprint density at radius 2 is 2.00 bits per heavy atom. The van der Waals surface area contributed by atoms with E-state index in [4.69, 9.17) is 5.11 Å². The molecule has 2 amide bonds. The highest BCUT2D eigenvalue weighted by molar-refractivity contribution is 5.83. The number of nitrogens with zero attached hydrogens (tertiary/aromatic N) is 2. The number of aliphatic hydroxyl groups excluding tert-OH is 1. The molecule has 0 bridgehead atoms. The third kappa shape index (κ3) is 2.43. The van der Waals surface area contributed by atoms with Gasteiger partial charge in [0.1, 0.15) is 6.04 Å². The number of carbonyl (C=O) groups excluding carboxylic acids is 1. The van der Waals surface area contributed by atoms with Gasteiger partial charge in [-0.15, -0.1) is 0 Å². The fourth-order valence-electron chi connectivity index (χ4n) is 2.72. The Labute approximate surface area is 106 Å². The van der Waals surface area contributed by atoms with Crippen molar-refractivity contribution in [2.75, 3.05) is 19.6 Å². The van der Waals surface area contributed by atoms with E-state index in [9.17, 15) is 14.7 Å². The van der Waals surface area contributed by atoms with E-state index >= 15 is 0 Å². The molecule has 0 aromatic heterocycles. The largest absolute Gasteiger partial charge is 0.480 e. The highest BCUT2D eigenvalue weighted by atomic mass is 16.4. The summed E-state index contributed by atoms with van der Waals surface area (Å²) in [5.74, 6) is -1.04. The fourth-order valence-corrected chi connectivity index (χ4v) is 2.72. The van der Waals surface area contributed by atoms with Gasteiger partial charge >= 0.3 is 12.0 Å². The number of aliphatic hydroxyl groups is 1. The number of β-amino-alcohol motifs (C(OH)–C–C–N with tert-alkyl or cyclic N) is 1. The summed E-state index contributed by atoms with van der Waals surface area (Å²) in [5.41, 5.74) is 0.0900. The van der Waals surface area contributed by atoms with Crippen molar-refractivity contribution in [3.05, 3.63) is 0 Å². The minimum absolute atomic E-state index is 0.0900. The highest BCUT2D eigenvalue weighted by Crippen LogP contribution is 2.30. The Kier molecular flexibility index (Phi) is 3.23. The molecule has 0 unspecified atom stereocenters. The van der Waals surface area contributed by atoms with Gasteiger partial charge in [-0.3, -0.25) is 0 Å². The Morgan fingerprint density at radius 1 is 1.33 bits per heavy atom. The van der Waals surface area contributed by atoms with Crippen LogP contribution in [0.3, 0.4) is 0 Å². The third-order valence-corrected chi connectivity index (χ3v) is 3.76. The molecular weight excluding hydrogens is 236 g/mol. The first-order chi connectivity index (χ1) is 8.30. The molecule has 0 spiro atoms. The van der Waals surface area contributed by atoms with Gasteiger partial charge in [0.2, 0.25) is 0 Å². The van der Waals surface area contributed by atoms with E-state index in [1.807, 2.05) is 0 Å². The summed E-state index contributed by atoms with van der Waals surface area (Å²) in [6.45, 7) is 5.60. The van der Waals surface area contributed by atoms with Gasteiger partial charge in [0.25, 0.3) is 0 Å². The van der Waals surface area contributed by atoms with Crippen LogP contribution in [0.2, 0.25) is 0 Å². The van der Waals surface area contributed by atoms with Crippen LogP contribution >= 0.6 is 0 Å². The molecule has 0 aromatic carbocycles. The molecule has 0 aromatic rings. The van der Waals surface area contributed by atoms with E-state index in [0.717, 1.165) is 6.42 Å². The van der Waals surface area contributed by atoms with E-state index < -0.39 is 18.1 Å². The number of carboxylic acids is 1. The third-order valence-electron chi connectivity index (χ3n) is 3.76. The number of likely N-dealkylation sites (tertiary alicyclic amines) is 2. The van der Waals surface area contributed by atoms with Gasteiger partial charge in [0.15, 0.2) is 0 Å². The quantitative estimate of drug-likeness (QED) is 0.709. The van der Waals surface area contributed by atoms with Crippen LogP contribution < -0.4 is 0 Å². The van der Waals surface area contributed by atoms with Gasteiger partial charge in [-0.05, 0) is 11.8 Å². The van der Waals surface area contributed by atoms with Crippen LogP contribution in [0.4, 0.5) is 4.79 Å². The average Bonchev–Trinajstić information content (AvgIpc) is 2.80. The molecule has 0 radical (unpaired) electrons. The molecule has 2 fully saturated rings. The molecule has 2 N–H and O–H groups in total. The minimum atomic E-state index is -1.04. The first-order valence-corrected chi connectivity index (χ1v) is 6.26. The Morgan fingerprint density at radius 3 is 2.50 bits per heavy atom. The van der Waals surface area contributed by atoms with Crippen molar-refractivity contribution in [3.8, 4) is 0 Å². The average molecular weight is 256 g/mol. The maximum absolute atomic E-state index is 12.3. The SMILES string of the molecule is CC1(C)CCN(C(=O)N2C[C@H](O)C[C@H]2C(=O)O)C1. The zero-order chi connectivity index (χ0) is 13.5. The Balaban J connectivity index is 2.07. The molecule has 102 valence electrons. The topological polar surface area (TPSA) is 81.1 Å². The lowest BCUT2D eigenvalue weighted by Gasteiger charge is -2.28. The van der Waals surface area contributed by atoms with Gasteiger partial charge in [-0.1, -0.05) is 13.8 Å². The summed E-state index contributed by atoms with van der Waals surface area (Å²) in [7, 11) is 0. The molecule has 0 saturated carbocycles. The lowest BCUT2D eigenvalue weighted by atomic mass is 9.93. The summed E-state index contributed by atoms with van der Waals surface area (Å²) in [4.78, 5) is 26.3. The van der Waals surface area contributed by atoms with Gasteiger partial charge in [0.05, 0.1) is 6.10 Å². The fraction of sp³-hybridized carbons (Fsp3) is 0.833. The zero-order valence-corrected chi connectivity index (χ0v) is 10.8. The first kappa shape index (κ1) is 13.1. The van der Waals surface area contributed by atoms with Gasteiger partial charge in [0, 0.05) is 26.1 Å². The maximum atomic E-state index is 12.3. The number of aliphatic carboxylic acids is 1. The molecule has 2 rings (SSSR count). The van der Waals surface area contributed by atoms with Crippen molar-refractivity contribution in [2.24, 2.45) is 5.41 Å². The van der Waals surface area contributed by atoms with Crippen LogP contribution in [0.15, 0.2) is 0 Å². The Hall–Kier alpha value is -1.30. The normalized spacial score (nSPS) is 30.8. The van der Waals surface area contributed by atoms with Crippen molar-refractivity contribution < 1.29 is 19.8 Å². The van der Waals surface area contributed by atoms with E-state index in [0.29, 0.717) is 13.1 Å². The van der Waals surface area contributed by atoms with E-state index in [2.05, 4.69) is 13.8 Å². The second kappa shape index (κ2) is 4.42. The number of hydrogen-bond donors (Lipinski definition) is 2. The standard InChI is InChI=1S/C12H20N2O4/c1-12(2)3-4-13(7-12)11(18)14-6-8(15)5-9(14)10(16)17/h8-9,15H,3-7H2,1-2H3,(H,16,17)/t8-,9+/m1/s1. The highest BCUT2D eigenvalue weighted by Gasteiger charge is 2.42. The molecule has 0 aliphatic carbocycles. The number of amides is 2. The summed E-state index contributed by atoms with van der Waals surface area (Å²) in [6, 6.07) is -1.15. The molecule has 2 heterocycles. The summed E-state index contributed by atoms with van der Waals surface area (Å²) in [5, 5.41) is 18.6.